The zero-order valence-corrected chi connectivity index (χ0v) is 21.5. The summed E-state index contributed by atoms with van der Waals surface area (Å²) in [6.45, 7) is 4.15. The van der Waals surface area contributed by atoms with Gasteiger partial charge in [-0.05, 0) is 49.1 Å². The number of aryl methyl sites for hydroxylation is 2. The van der Waals surface area contributed by atoms with Crippen molar-refractivity contribution in [1.82, 2.24) is 10.1 Å². The highest BCUT2D eigenvalue weighted by atomic mass is 16.5. The molecule has 5 rings (SSSR count). The average Bonchev–Trinajstić information content (AvgIpc) is 3.32. The smallest absolute Gasteiger partial charge is 0.306 e. The molecule has 2 heterocycles. The molecule has 0 atom stereocenters. The van der Waals surface area contributed by atoms with Crippen molar-refractivity contribution in [3.8, 4) is 33.7 Å². The number of carbonyl (C=O) groups excluding carboxylic acids is 1. The number of anilines is 2. The second kappa shape index (κ2) is 11.6. The second-order valence-corrected chi connectivity index (χ2v) is 8.95. The molecule has 0 aliphatic rings. The highest BCUT2D eigenvalue weighted by Gasteiger charge is 2.16. The largest absolute Gasteiger partial charge is 0.466 e. The minimum atomic E-state index is -0.164. The summed E-state index contributed by atoms with van der Waals surface area (Å²) in [6.07, 6.45) is 1.06. The van der Waals surface area contributed by atoms with Crippen LogP contribution in [0.15, 0.2) is 102 Å². The number of nitrogens with zero attached hydrogens (tertiary/aromatic N) is 2. The molecule has 0 saturated heterocycles. The van der Waals surface area contributed by atoms with E-state index in [0.29, 0.717) is 25.2 Å². The second-order valence-electron chi connectivity index (χ2n) is 8.95. The Bertz CT molecular complexity index is 1510. The van der Waals surface area contributed by atoms with Crippen LogP contribution in [0.3, 0.4) is 0 Å². The first kappa shape index (κ1) is 25.0. The molecule has 0 amide bonds. The van der Waals surface area contributed by atoms with Crippen LogP contribution in [0.25, 0.3) is 33.7 Å². The predicted molar refractivity (Wildman–Crippen MR) is 150 cm³/mol. The number of aromatic nitrogens is 2. The van der Waals surface area contributed by atoms with E-state index in [4.69, 9.17) is 14.2 Å². The monoisotopic (exact) mass is 503 g/mol. The van der Waals surface area contributed by atoms with Gasteiger partial charge in [0.1, 0.15) is 17.2 Å². The third kappa shape index (κ3) is 5.81. The SMILES string of the molecule is CCOC(=O)CCc1ccc(-c2ccc(-c3onc(C)c3Nc3cccc(-c4ccccc4)n3)cc2)cc1. The number of esters is 1. The van der Waals surface area contributed by atoms with E-state index in [2.05, 4.69) is 46.9 Å². The highest BCUT2D eigenvalue weighted by Crippen LogP contribution is 2.34. The summed E-state index contributed by atoms with van der Waals surface area (Å²) in [7, 11) is 0. The van der Waals surface area contributed by atoms with Crippen molar-refractivity contribution in [1.29, 1.82) is 0 Å². The first-order chi connectivity index (χ1) is 18.6. The number of rotatable bonds is 9. The molecular formula is C32H29N3O3. The number of ether oxygens (including phenoxy) is 1. The summed E-state index contributed by atoms with van der Waals surface area (Å²) in [6, 6.07) is 32.5. The van der Waals surface area contributed by atoms with Crippen molar-refractivity contribution in [3.63, 3.8) is 0 Å². The number of hydrogen-bond acceptors (Lipinski definition) is 6. The Kier molecular flexibility index (Phi) is 7.59. The number of benzene rings is 3. The summed E-state index contributed by atoms with van der Waals surface area (Å²) in [4.78, 5) is 16.4. The minimum absolute atomic E-state index is 0.164. The molecule has 0 spiro atoms. The van der Waals surface area contributed by atoms with E-state index < -0.39 is 0 Å². The lowest BCUT2D eigenvalue weighted by Crippen LogP contribution is -2.05. The van der Waals surface area contributed by atoms with Gasteiger partial charge in [-0.2, -0.15) is 0 Å². The molecule has 0 aliphatic heterocycles. The summed E-state index contributed by atoms with van der Waals surface area (Å²) >= 11 is 0. The van der Waals surface area contributed by atoms with Crippen LogP contribution >= 0.6 is 0 Å². The lowest BCUT2D eigenvalue weighted by atomic mass is 10.0. The Hall–Kier alpha value is -4.71. The van der Waals surface area contributed by atoms with Crippen LogP contribution in [-0.4, -0.2) is 22.7 Å². The van der Waals surface area contributed by atoms with Gasteiger partial charge in [0.15, 0.2) is 5.76 Å². The van der Waals surface area contributed by atoms with Crippen molar-refractivity contribution in [2.75, 3.05) is 11.9 Å². The van der Waals surface area contributed by atoms with Crippen molar-refractivity contribution in [2.24, 2.45) is 0 Å². The molecule has 5 aromatic rings. The molecule has 6 nitrogen and oxygen atoms in total. The lowest BCUT2D eigenvalue weighted by Gasteiger charge is -2.09. The molecule has 190 valence electrons. The van der Waals surface area contributed by atoms with Crippen molar-refractivity contribution in [2.45, 2.75) is 26.7 Å². The van der Waals surface area contributed by atoms with Crippen LogP contribution in [0.5, 0.6) is 0 Å². The van der Waals surface area contributed by atoms with Gasteiger partial charge in [0.2, 0.25) is 0 Å². The third-order valence-corrected chi connectivity index (χ3v) is 6.29. The number of hydrogen-bond donors (Lipinski definition) is 1. The van der Waals surface area contributed by atoms with Gasteiger partial charge in [0.25, 0.3) is 0 Å². The Morgan fingerprint density at radius 1 is 0.816 bits per heavy atom. The lowest BCUT2D eigenvalue weighted by molar-refractivity contribution is -0.143. The maximum Gasteiger partial charge on any atom is 0.306 e. The number of pyridine rings is 1. The van der Waals surface area contributed by atoms with Gasteiger partial charge < -0.3 is 14.6 Å². The van der Waals surface area contributed by atoms with Crippen LogP contribution in [0.1, 0.15) is 24.6 Å². The Balaban J connectivity index is 1.31. The van der Waals surface area contributed by atoms with Gasteiger partial charge in [0, 0.05) is 17.5 Å². The minimum Gasteiger partial charge on any atom is -0.466 e. The Morgan fingerprint density at radius 3 is 2.21 bits per heavy atom. The quantitative estimate of drug-likeness (QED) is 0.209. The van der Waals surface area contributed by atoms with Crippen molar-refractivity contribution in [3.05, 3.63) is 108 Å². The zero-order valence-electron chi connectivity index (χ0n) is 21.5. The van der Waals surface area contributed by atoms with Gasteiger partial charge in [-0.25, -0.2) is 4.98 Å². The van der Waals surface area contributed by atoms with Gasteiger partial charge in [-0.3, -0.25) is 4.79 Å². The van der Waals surface area contributed by atoms with E-state index in [0.717, 1.165) is 50.7 Å². The number of carbonyl (C=O) groups is 1. The molecule has 6 heteroatoms. The van der Waals surface area contributed by atoms with Crippen LogP contribution in [0.4, 0.5) is 11.5 Å². The standard InChI is InChI=1S/C32H29N3O3/c1-3-37-30(36)21-14-23-12-15-24(16-13-23)25-17-19-27(20-18-25)32-31(22(2)35-38-32)34-29-11-7-10-28(33-29)26-8-5-4-6-9-26/h4-13,15-20H,3,14,21H2,1-2H3,(H,33,34). The fourth-order valence-electron chi connectivity index (χ4n) is 4.27. The zero-order chi connectivity index (χ0) is 26.3. The maximum atomic E-state index is 11.6. The summed E-state index contributed by atoms with van der Waals surface area (Å²) in [5, 5.41) is 7.61. The van der Waals surface area contributed by atoms with Crippen LogP contribution < -0.4 is 5.32 Å². The molecule has 38 heavy (non-hydrogen) atoms. The fraction of sp³-hybridized carbons (Fsp3) is 0.156. The van der Waals surface area contributed by atoms with Gasteiger partial charge in [0.05, 0.1) is 12.3 Å². The molecule has 0 aliphatic carbocycles. The van der Waals surface area contributed by atoms with E-state index in [-0.39, 0.29) is 5.97 Å². The first-order valence-corrected chi connectivity index (χ1v) is 12.7. The van der Waals surface area contributed by atoms with E-state index in [1.807, 2.05) is 74.5 Å². The first-order valence-electron chi connectivity index (χ1n) is 12.7. The molecular weight excluding hydrogens is 474 g/mol. The molecule has 0 bridgehead atoms. The van der Waals surface area contributed by atoms with Gasteiger partial charge in [-0.15, -0.1) is 0 Å². The van der Waals surface area contributed by atoms with Gasteiger partial charge >= 0.3 is 5.97 Å². The van der Waals surface area contributed by atoms with E-state index in [1.165, 1.54) is 0 Å². The molecule has 1 N–H and O–H groups in total. The molecule has 0 unspecified atom stereocenters. The molecule has 0 fully saturated rings. The van der Waals surface area contributed by atoms with Crippen molar-refractivity contribution < 1.29 is 14.1 Å². The molecule has 0 saturated carbocycles. The highest BCUT2D eigenvalue weighted by molar-refractivity contribution is 5.79. The Morgan fingerprint density at radius 2 is 1.50 bits per heavy atom. The Labute approximate surface area is 222 Å². The van der Waals surface area contributed by atoms with E-state index in [9.17, 15) is 4.79 Å². The van der Waals surface area contributed by atoms with Gasteiger partial charge in [-0.1, -0.05) is 90.1 Å². The summed E-state index contributed by atoms with van der Waals surface area (Å²) in [5.41, 5.74) is 7.72. The fourth-order valence-corrected chi connectivity index (χ4v) is 4.27. The van der Waals surface area contributed by atoms with Crippen LogP contribution in [-0.2, 0) is 16.0 Å². The molecule has 2 aromatic heterocycles. The topological polar surface area (TPSA) is 77.2 Å². The molecule has 3 aromatic carbocycles. The number of nitrogens with one attached hydrogen (secondary N) is 1. The third-order valence-electron chi connectivity index (χ3n) is 6.29. The van der Waals surface area contributed by atoms with E-state index in [1.54, 1.807) is 0 Å². The summed E-state index contributed by atoms with van der Waals surface area (Å²) in [5.74, 6) is 1.22. The normalized spacial score (nSPS) is 10.8. The van der Waals surface area contributed by atoms with Crippen molar-refractivity contribution >= 4 is 17.5 Å². The predicted octanol–water partition coefficient (Wildman–Crippen LogP) is 7.62. The molecule has 0 radical (unpaired) electrons. The average molecular weight is 504 g/mol. The maximum absolute atomic E-state index is 11.6. The van der Waals surface area contributed by atoms with Crippen LogP contribution in [0, 0.1) is 6.92 Å². The van der Waals surface area contributed by atoms with E-state index >= 15 is 0 Å². The summed E-state index contributed by atoms with van der Waals surface area (Å²) < 4.78 is 10.7. The van der Waals surface area contributed by atoms with Crippen LogP contribution in [0.2, 0.25) is 0 Å².